The first kappa shape index (κ1) is 13.1. The topological polar surface area (TPSA) is 49.8 Å². The van der Waals surface area contributed by atoms with Crippen LogP contribution in [0.1, 0.15) is 34.3 Å². The third-order valence-electron chi connectivity index (χ3n) is 3.31. The Kier molecular flexibility index (Phi) is 4.33. The minimum atomic E-state index is -0.851. The van der Waals surface area contributed by atoms with Crippen LogP contribution in [0.5, 0.6) is 0 Å². The lowest BCUT2D eigenvalue weighted by Crippen LogP contribution is -2.17. The van der Waals surface area contributed by atoms with Crippen LogP contribution >= 0.6 is 0 Å². The number of methoxy groups -OCH3 is 1. The monoisotopic (exact) mass is 249 g/mol. The summed E-state index contributed by atoms with van der Waals surface area (Å²) in [6.45, 7) is 3.65. The van der Waals surface area contributed by atoms with Crippen LogP contribution in [0.15, 0.2) is 18.2 Å². The number of unbranched alkanes of at least 4 members (excludes halogenated alkanes) is 1. The van der Waals surface area contributed by atoms with Crippen LogP contribution in [-0.2, 0) is 17.8 Å². The van der Waals surface area contributed by atoms with Gasteiger partial charge in [0.2, 0.25) is 0 Å². The van der Waals surface area contributed by atoms with Crippen molar-refractivity contribution in [3.8, 4) is 0 Å². The Bertz CT molecular complexity index is 431. The average Bonchev–Trinajstić information content (AvgIpc) is 2.76. The third-order valence-corrected chi connectivity index (χ3v) is 3.31. The smallest absolute Gasteiger partial charge is 0.335 e. The summed E-state index contributed by atoms with van der Waals surface area (Å²) < 4.78 is 5.03. The number of benzene rings is 1. The molecule has 0 saturated heterocycles. The summed E-state index contributed by atoms with van der Waals surface area (Å²) in [4.78, 5) is 13.3. The molecule has 0 atom stereocenters. The SMILES string of the molecule is COCCCCN1Cc2ccc(C(=O)O)cc2C1. The first-order valence-electron chi connectivity index (χ1n) is 6.27. The number of carbonyl (C=O) groups is 1. The summed E-state index contributed by atoms with van der Waals surface area (Å²) in [7, 11) is 1.72. The molecule has 0 amide bonds. The van der Waals surface area contributed by atoms with Crippen molar-refractivity contribution in [3.05, 3.63) is 34.9 Å². The number of carboxylic acids is 1. The molecule has 0 aromatic heterocycles. The van der Waals surface area contributed by atoms with E-state index in [0.717, 1.165) is 44.6 Å². The van der Waals surface area contributed by atoms with Crippen molar-refractivity contribution >= 4 is 5.97 Å². The highest BCUT2D eigenvalue weighted by Crippen LogP contribution is 2.24. The van der Waals surface area contributed by atoms with Crippen LogP contribution in [0.25, 0.3) is 0 Å². The van der Waals surface area contributed by atoms with Crippen molar-refractivity contribution in [1.82, 2.24) is 4.90 Å². The third kappa shape index (κ3) is 3.09. The lowest BCUT2D eigenvalue weighted by Gasteiger charge is -2.13. The van der Waals surface area contributed by atoms with Crippen LogP contribution in [0.3, 0.4) is 0 Å². The second-order valence-electron chi connectivity index (χ2n) is 4.70. The van der Waals surface area contributed by atoms with E-state index in [2.05, 4.69) is 4.90 Å². The summed E-state index contributed by atoms with van der Waals surface area (Å²) in [5, 5.41) is 8.95. The van der Waals surface area contributed by atoms with E-state index in [0.29, 0.717) is 5.56 Å². The largest absolute Gasteiger partial charge is 0.478 e. The zero-order chi connectivity index (χ0) is 13.0. The maximum Gasteiger partial charge on any atom is 0.335 e. The first-order chi connectivity index (χ1) is 8.70. The summed E-state index contributed by atoms with van der Waals surface area (Å²) in [5.41, 5.74) is 2.79. The lowest BCUT2D eigenvalue weighted by atomic mass is 10.1. The van der Waals surface area contributed by atoms with Gasteiger partial charge in [-0.2, -0.15) is 0 Å². The van der Waals surface area contributed by atoms with Gasteiger partial charge in [0.1, 0.15) is 0 Å². The fraction of sp³-hybridized carbons (Fsp3) is 0.500. The van der Waals surface area contributed by atoms with Gasteiger partial charge in [-0.05, 0) is 42.6 Å². The van der Waals surface area contributed by atoms with Gasteiger partial charge in [0.15, 0.2) is 0 Å². The maximum atomic E-state index is 10.9. The van der Waals surface area contributed by atoms with Crippen LogP contribution in [0, 0.1) is 0 Å². The van der Waals surface area contributed by atoms with E-state index in [-0.39, 0.29) is 0 Å². The number of hydrogen-bond acceptors (Lipinski definition) is 3. The minimum Gasteiger partial charge on any atom is -0.478 e. The molecule has 4 nitrogen and oxygen atoms in total. The number of fused-ring (bicyclic) bond motifs is 1. The van der Waals surface area contributed by atoms with E-state index in [4.69, 9.17) is 9.84 Å². The van der Waals surface area contributed by atoms with Crippen molar-refractivity contribution in [2.75, 3.05) is 20.3 Å². The molecule has 1 aliphatic heterocycles. The van der Waals surface area contributed by atoms with Gasteiger partial charge in [-0.1, -0.05) is 6.07 Å². The van der Waals surface area contributed by atoms with Gasteiger partial charge in [-0.3, -0.25) is 4.90 Å². The zero-order valence-electron chi connectivity index (χ0n) is 10.7. The van der Waals surface area contributed by atoms with Crippen molar-refractivity contribution in [1.29, 1.82) is 0 Å². The summed E-state index contributed by atoms with van der Waals surface area (Å²) in [6.07, 6.45) is 2.19. The van der Waals surface area contributed by atoms with Gasteiger partial charge >= 0.3 is 5.97 Å². The van der Waals surface area contributed by atoms with E-state index >= 15 is 0 Å². The molecule has 0 radical (unpaired) electrons. The molecule has 1 heterocycles. The fourth-order valence-electron chi connectivity index (χ4n) is 2.34. The van der Waals surface area contributed by atoms with Crippen LogP contribution in [0.4, 0.5) is 0 Å². The highest BCUT2D eigenvalue weighted by atomic mass is 16.5. The molecule has 1 aliphatic rings. The zero-order valence-corrected chi connectivity index (χ0v) is 10.7. The van der Waals surface area contributed by atoms with Gasteiger partial charge < -0.3 is 9.84 Å². The number of hydrogen-bond donors (Lipinski definition) is 1. The Morgan fingerprint density at radius 2 is 2.11 bits per heavy atom. The molecule has 0 unspecified atom stereocenters. The molecule has 1 aromatic carbocycles. The van der Waals surface area contributed by atoms with Crippen molar-refractivity contribution in [2.24, 2.45) is 0 Å². The van der Waals surface area contributed by atoms with E-state index in [1.54, 1.807) is 19.2 Å². The summed E-state index contributed by atoms with van der Waals surface area (Å²) in [6, 6.07) is 5.43. The fourth-order valence-corrected chi connectivity index (χ4v) is 2.34. The van der Waals surface area contributed by atoms with Gasteiger partial charge in [-0.25, -0.2) is 4.79 Å². The molecule has 18 heavy (non-hydrogen) atoms. The van der Waals surface area contributed by atoms with Crippen molar-refractivity contribution < 1.29 is 14.6 Å². The van der Waals surface area contributed by atoms with E-state index < -0.39 is 5.97 Å². The Balaban J connectivity index is 1.89. The number of carboxylic acid groups (broad SMARTS) is 1. The summed E-state index contributed by atoms with van der Waals surface area (Å²) >= 11 is 0. The molecule has 0 aliphatic carbocycles. The maximum absolute atomic E-state index is 10.9. The molecule has 0 fully saturated rings. The standard InChI is InChI=1S/C14H19NO3/c1-18-7-3-2-6-15-9-12-5-4-11(14(16)17)8-13(12)10-15/h4-5,8H,2-3,6-7,9-10H2,1H3,(H,16,17). The molecule has 2 rings (SSSR count). The van der Waals surface area contributed by atoms with Crippen LogP contribution < -0.4 is 0 Å². The molecule has 0 saturated carbocycles. The Morgan fingerprint density at radius 1 is 1.33 bits per heavy atom. The van der Waals surface area contributed by atoms with Gasteiger partial charge in [0, 0.05) is 26.8 Å². The van der Waals surface area contributed by atoms with Crippen LogP contribution in [-0.4, -0.2) is 36.2 Å². The number of aromatic carboxylic acids is 1. The van der Waals surface area contributed by atoms with Gasteiger partial charge in [0.05, 0.1) is 5.56 Å². The molecule has 0 bridgehead atoms. The quantitative estimate of drug-likeness (QED) is 0.785. The Morgan fingerprint density at radius 3 is 2.83 bits per heavy atom. The highest BCUT2D eigenvalue weighted by Gasteiger charge is 2.19. The van der Waals surface area contributed by atoms with Gasteiger partial charge in [0.25, 0.3) is 0 Å². The molecule has 4 heteroatoms. The summed E-state index contributed by atoms with van der Waals surface area (Å²) in [5.74, 6) is -0.851. The molecular formula is C14H19NO3. The van der Waals surface area contributed by atoms with E-state index in [1.165, 1.54) is 5.56 Å². The molecule has 1 N–H and O–H groups in total. The molecule has 0 spiro atoms. The average molecular weight is 249 g/mol. The predicted octanol–water partition coefficient (Wildman–Crippen LogP) is 2.13. The lowest BCUT2D eigenvalue weighted by molar-refractivity contribution is 0.0696. The Hall–Kier alpha value is -1.39. The molecule has 98 valence electrons. The minimum absolute atomic E-state index is 0.384. The number of ether oxygens (including phenoxy) is 1. The normalized spacial score (nSPS) is 14.7. The molecule has 1 aromatic rings. The van der Waals surface area contributed by atoms with Crippen molar-refractivity contribution in [3.63, 3.8) is 0 Å². The van der Waals surface area contributed by atoms with Crippen molar-refractivity contribution in [2.45, 2.75) is 25.9 Å². The second kappa shape index (κ2) is 5.98. The highest BCUT2D eigenvalue weighted by molar-refractivity contribution is 5.87. The predicted molar refractivity (Wildman–Crippen MR) is 68.6 cm³/mol. The number of nitrogens with zero attached hydrogens (tertiary/aromatic N) is 1. The first-order valence-corrected chi connectivity index (χ1v) is 6.27. The van der Waals surface area contributed by atoms with Gasteiger partial charge in [-0.15, -0.1) is 0 Å². The van der Waals surface area contributed by atoms with E-state index in [1.807, 2.05) is 6.07 Å². The van der Waals surface area contributed by atoms with E-state index in [9.17, 15) is 4.79 Å². The second-order valence-corrected chi connectivity index (χ2v) is 4.70. The van der Waals surface area contributed by atoms with Crippen LogP contribution in [0.2, 0.25) is 0 Å². The Labute approximate surface area is 107 Å². The molecular weight excluding hydrogens is 230 g/mol. The number of rotatable bonds is 6.